The molecule has 21 heavy (non-hydrogen) atoms. The highest BCUT2D eigenvalue weighted by Crippen LogP contribution is 2.27. The van der Waals surface area contributed by atoms with Gasteiger partial charge in [-0.2, -0.15) is 0 Å². The van der Waals surface area contributed by atoms with Crippen molar-refractivity contribution < 1.29 is 4.74 Å². The lowest BCUT2D eigenvalue weighted by molar-refractivity contribution is 0.245. The summed E-state index contributed by atoms with van der Waals surface area (Å²) in [4.78, 5) is 0. The first-order valence-corrected chi connectivity index (χ1v) is 8.17. The first-order chi connectivity index (χ1) is 10.2. The van der Waals surface area contributed by atoms with E-state index in [0.717, 1.165) is 25.4 Å². The van der Waals surface area contributed by atoms with E-state index in [2.05, 4.69) is 61.1 Å². The highest BCUT2D eigenvalue weighted by Gasteiger charge is 2.07. The Morgan fingerprint density at radius 3 is 2.76 bits per heavy atom. The smallest absolute Gasteiger partial charge is 0.129 e. The molecule has 0 amide bonds. The second-order valence-electron chi connectivity index (χ2n) is 5.82. The summed E-state index contributed by atoms with van der Waals surface area (Å²) < 4.78 is 8.18. The lowest BCUT2D eigenvalue weighted by Crippen LogP contribution is -2.20. The molecular formula is C18H28N2O. The third kappa shape index (κ3) is 4.50. The van der Waals surface area contributed by atoms with Crippen LogP contribution in [0.5, 0.6) is 5.75 Å². The molecule has 0 fully saturated rings. The largest absolute Gasteiger partial charge is 0.490 e. The van der Waals surface area contributed by atoms with Crippen LogP contribution in [0, 0.1) is 0 Å². The Hall–Kier alpha value is -1.48. The molecule has 3 heteroatoms. The van der Waals surface area contributed by atoms with Crippen molar-refractivity contribution in [3.05, 3.63) is 30.5 Å². The molecular weight excluding hydrogens is 260 g/mol. The number of fused-ring (bicyclic) bond motifs is 1. The summed E-state index contributed by atoms with van der Waals surface area (Å²) in [6.07, 6.45) is 6.23. The van der Waals surface area contributed by atoms with Gasteiger partial charge in [0.1, 0.15) is 5.75 Å². The van der Waals surface area contributed by atoms with Crippen molar-refractivity contribution in [1.29, 1.82) is 0 Å². The van der Waals surface area contributed by atoms with Gasteiger partial charge < -0.3 is 14.6 Å². The van der Waals surface area contributed by atoms with Gasteiger partial charge in [0.05, 0.1) is 11.6 Å². The third-order valence-electron chi connectivity index (χ3n) is 3.62. The van der Waals surface area contributed by atoms with E-state index < -0.39 is 0 Å². The molecule has 0 aliphatic rings. The molecule has 1 aromatic heterocycles. The van der Waals surface area contributed by atoms with Gasteiger partial charge in [0.15, 0.2) is 0 Å². The van der Waals surface area contributed by atoms with Crippen LogP contribution in [0.15, 0.2) is 30.5 Å². The number of benzene rings is 1. The highest BCUT2D eigenvalue weighted by atomic mass is 16.5. The van der Waals surface area contributed by atoms with E-state index in [1.165, 1.54) is 30.2 Å². The fourth-order valence-corrected chi connectivity index (χ4v) is 2.57. The van der Waals surface area contributed by atoms with Crippen molar-refractivity contribution in [1.82, 2.24) is 9.88 Å². The number of unbranched alkanes of at least 4 members (excludes halogenated alkanes) is 2. The zero-order valence-corrected chi connectivity index (χ0v) is 13.6. The number of nitrogens with zero attached hydrogens (tertiary/aromatic N) is 1. The maximum Gasteiger partial charge on any atom is 0.129 e. The van der Waals surface area contributed by atoms with Crippen LogP contribution in [0.3, 0.4) is 0 Å². The van der Waals surface area contributed by atoms with Crippen molar-refractivity contribution in [2.75, 3.05) is 13.1 Å². The Bertz CT molecular complexity index is 545. The standard InChI is InChI=1S/C18H28N2O/c1-4-5-6-11-19-12-14-20-13-10-16-17(20)8-7-9-18(16)21-15(2)3/h7-10,13,15,19H,4-6,11-12,14H2,1-3H3. The molecule has 0 spiro atoms. The molecule has 116 valence electrons. The summed E-state index contributed by atoms with van der Waals surface area (Å²) in [5.74, 6) is 0.983. The minimum atomic E-state index is 0.208. The van der Waals surface area contributed by atoms with Crippen LogP contribution < -0.4 is 10.1 Å². The van der Waals surface area contributed by atoms with Gasteiger partial charge in [-0.1, -0.05) is 25.8 Å². The molecule has 1 N–H and O–H groups in total. The summed E-state index contributed by atoms with van der Waals surface area (Å²) in [6.45, 7) is 9.51. The number of aromatic nitrogens is 1. The normalized spacial score (nSPS) is 11.4. The predicted octanol–water partition coefficient (Wildman–Crippen LogP) is 4.21. The van der Waals surface area contributed by atoms with E-state index in [0.29, 0.717) is 0 Å². The third-order valence-corrected chi connectivity index (χ3v) is 3.62. The first-order valence-electron chi connectivity index (χ1n) is 8.17. The summed E-state index contributed by atoms with van der Waals surface area (Å²) in [5.41, 5.74) is 1.25. The van der Waals surface area contributed by atoms with Crippen molar-refractivity contribution in [2.24, 2.45) is 0 Å². The Balaban J connectivity index is 1.95. The van der Waals surface area contributed by atoms with Crippen molar-refractivity contribution in [2.45, 2.75) is 52.7 Å². The van der Waals surface area contributed by atoms with Gasteiger partial charge in [-0.05, 0) is 45.0 Å². The van der Waals surface area contributed by atoms with Gasteiger partial charge in [-0.25, -0.2) is 0 Å². The van der Waals surface area contributed by atoms with Gasteiger partial charge in [0.25, 0.3) is 0 Å². The van der Waals surface area contributed by atoms with E-state index >= 15 is 0 Å². The molecule has 0 atom stereocenters. The first kappa shape index (κ1) is 15.9. The topological polar surface area (TPSA) is 26.2 Å². The lowest BCUT2D eigenvalue weighted by atomic mass is 10.2. The molecule has 0 aliphatic heterocycles. The predicted molar refractivity (Wildman–Crippen MR) is 90.1 cm³/mol. The van der Waals surface area contributed by atoms with Crippen LogP contribution in [0.4, 0.5) is 0 Å². The molecule has 0 saturated heterocycles. The molecule has 1 heterocycles. The van der Waals surface area contributed by atoms with Crippen LogP contribution in [0.2, 0.25) is 0 Å². The van der Waals surface area contributed by atoms with Gasteiger partial charge in [-0.3, -0.25) is 0 Å². The monoisotopic (exact) mass is 288 g/mol. The zero-order chi connectivity index (χ0) is 15.1. The minimum absolute atomic E-state index is 0.208. The molecule has 0 saturated carbocycles. The van der Waals surface area contributed by atoms with Crippen LogP contribution in [-0.4, -0.2) is 23.8 Å². The van der Waals surface area contributed by atoms with E-state index in [1.807, 2.05) is 0 Å². The molecule has 3 nitrogen and oxygen atoms in total. The van der Waals surface area contributed by atoms with E-state index in [-0.39, 0.29) is 6.10 Å². The summed E-state index contributed by atoms with van der Waals surface area (Å²) in [5, 5.41) is 4.72. The van der Waals surface area contributed by atoms with Gasteiger partial charge in [0, 0.05) is 24.7 Å². The number of hydrogen-bond acceptors (Lipinski definition) is 2. The summed E-state index contributed by atoms with van der Waals surface area (Å²) in [7, 11) is 0. The fourth-order valence-electron chi connectivity index (χ4n) is 2.57. The van der Waals surface area contributed by atoms with Crippen LogP contribution in [-0.2, 0) is 6.54 Å². The molecule has 0 aliphatic carbocycles. The highest BCUT2D eigenvalue weighted by molar-refractivity contribution is 5.86. The van der Waals surface area contributed by atoms with Crippen LogP contribution >= 0.6 is 0 Å². The van der Waals surface area contributed by atoms with E-state index in [1.54, 1.807) is 0 Å². The molecule has 2 aromatic rings. The fraction of sp³-hybridized carbons (Fsp3) is 0.556. The SMILES string of the molecule is CCCCCNCCn1ccc2c(OC(C)C)cccc21. The van der Waals surface area contributed by atoms with Crippen LogP contribution in [0.1, 0.15) is 40.0 Å². The summed E-state index contributed by atoms with van der Waals surface area (Å²) in [6, 6.07) is 8.45. The summed E-state index contributed by atoms with van der Waals surface area (Å²) >= 11 is 0. The number of hydrogen-bond donors (Lipinski definition) is 1. The van der Waals surface area contributed by atoms with E-state index in [4.69, 9.17) is 4.74 Å². The Morgan fingerprint density at radius 1 is 1.14 bits per heavy atom. The minimum Gasteiger partial charge on any atom is -0.490 e. The second-order valence-corrected chi connectivity index (χ2v) is 5.82. The Kier molecular flexibility index (Phi) is 6.12. The number of rotatable bonds is 9. The van der Waals surface area contributed by atoms with Gasteiger partial charge in [-0.15, -0.1) is 0 Å². The zero-order valence-electron chi connectivity index (χ0n) is 13.6. The maximum atomic E-state index is 5.88. The second kappa shape index (κ2) is 8.08. The number of nitrogens with one attached hydrogen (secondary N) is 1. The van der Waals surface area contributed by atoms with Crippen molar-refractivity contribution >= 4 is 10.9 Å². The van der Waals surface area contributed by atoms with Crippen molar-refractivity contribution in [3.8, 4) is 5.75 Å². The molecule has 0 radical (unpaired) electrons. The molecule has 0 bridgehead atoms. The Labute approximate surface area is 128 Å². The van der Waals surface area contributed by atoms with E-state index in [9.17, 15) is 0 Å². The Morgan fingerprint density at radius 2 is 2.00 bits per heavy atom. The average Bonchev–Trinajstić information content (AvgIpc) is 2.87. The van der Waals surface area contributed by atoms with Gasteiger partial charge in [0.2, 0.25) is 0 Å². The van der Waals surface area contributed by atoms with Gasteiger partial charge >= 0.3 is 0 Å². The van der Waals surface area contributed by atoms with Crippen LogP contribution in [0.25, 0.3) is 10.9 Å². The quantitative estimate of drug-likeness (QED) is 0.700. The maximum absolute atomic E-state index is 5.88. The average molecular weight is 288 g/mol. The molecule has 0 unspecified atom stereocenters. The van der Waals surface area contributed by atoms with Crippen molar-refractivity contribution in [3.63, 3.8) is 0 Å². The molecule has 2 rings (SSSR count). The molecule has 1 aromatic carbocycles. The lowest BCUT2D eigenvalue weighted by Gasteiger charge is -2.11. The number of ether oxygens (including phenoxy) is 1.